The largest absolute Gasteiger partial charge is 0.484 e. The molecule has 138 valence electrons. The lowest BCUT2D eigenvalue weighted by molar-refractivity contribution is -0.118. The minimum Gasteiger partial charge on any atom is -0.484 e. The summed E-state index contributed by atoms with van der Waals surface area (Å²) >= 11 is 3.81. The van der Waals surface area contributed by atoms with Crippen LogP contribution >= 0.6 is 11.6 Å². The first-order valence-corrected chi connectivity index (χ1v) is 9.49. The highest BCUT2D eigenvalue weighted by molar-refractivity contribution is 7.79. The van der Waals surface area contributed by atoms with Gasteiger partial charge in [-0.05, 0) is 59.7 Å². The molecule has 0 radical (unpaired) electrons. The Balaban J connectivity index is 1.57. The van der Waals surface area contributed by atoms with Gasteiger partial charge in [-0.15, -0.1) is 0 Å². The highest BCUT2D eigenvalue weighted by atomic mass is 35.5. The predicted molar refractivity (Wildman–Crippen MR) is 106 cm³/mol. The smallest absolute Gasteiger partial charge is 0.262 e. The van der Waals surface area contributed by atoms with E-state index in [2.05, 4.69) is 5.32 Å². The normalized spacial score (nSPS) is 11.6. The van der Waals surface area contributed by atoms with E-state index >= 15 is 0 Å². The fourth-order valence-electron chi connectivity index (χ4n) is 2.39. The number of halogens is 1. The Morgan fingerprint density at radius 2 is 1.48 bits per heavy atom. The van der Waals surface area contributed by atoms with Crippen LogP contribution in [0.15, 0.2) is 77.7 Å². The van der Waals surface area contributed by atoms with E-state index in [9.17, 15) is 9.00 Å². The number of hydrogen-bond donors (Lipinski definition) is 2. The molecule has 27 heavy (non-hydrogen) atoms. The quantitative estimate of drug-likeness (QED) is 0.591. The highest BCUT2D eigenvalue weighted by Crippen LogP contribution is 2.22. The summed E-state index contributed by atoms with van der Waals surface area (Å²) in [4.78, 5) is 12.3. The molecule has 1 unspecified atom stereocenters. The van der Waals surface area contributed by atoms with Gasteiger partial charge in [0.05, 0.1) is 4.90 Å². The molecule has 3 aromatic carbocycles. The van der Waals surface area contributed by atoms with Crippen molar-refractivity contribution in [2.24, 2.45) is 0 Å². The molecule has 0 aliphatic heterocycles. The summed E-state index contributed by atoms with van der Waals surface area (Å²) in [6.07, 6.45) is 0. The second-order valence-corrected chi connectivity index (χ2v) is 7.05. The summed E-state index contributed by atoms with van der Waals surface area (Å²) in [7, 11) is 0. The maximum absolute atomic E-state index is 12.0. The Labute approximate surface area is 164 Å². The van der Waals surface area contributed by atoms with E-state index in [0.717, 1.165) is 11.1 Å². The molecule has 7 heteroatoms. The van der Waals surface area contributed by atoms with Crippen LogP contribution in [0.2, 0.25) is 5.02 Å². The molecule has 0 spiro atoms. The first-order chi connectivity index (χ1) is 13.0. The lowest BCUT2D eigenvalue weighted by atomic mass is 10.1. The van der Waals surface area contributed by atoms with Crippen molar-refractivity contribution in [3.05, 3.63) is 77.8 Å². The van der Waals surface area contributed by atoms with Gasteiger partial charge in [0.1, 0.15) is 5.75 Å². The molecule has 0 aromatic heterocycles. The minimum atomic E-state index is -1.99. The molecule has 0 fully saturated rings. The van der Waals surface area contributed by atoms with Crippen LogP contribution < -0.4 is 10.1 Å². The molecular formula is C20H16ClNO4S. The second-order valence-electron chi connectivity index (χ2n) is 5.64. The lowest BCUT2D eigenvalue weighted by Gasteiger charge is -2.09. The SMILES string of the molecule is O=C(COc1ccc(Cl)cc1)Nc1ccc(-c2ccc(S(=O)O)cc2)cc1. The number of carbonyl (C=O) groups excluding carboxylic acids is 1. The number of nitrogens with one attached hydrogen (secondary N) is 1. The fraction of sp³-hybridized carbons (Fsp3) is 0.0500. The molecule has 5 nitrogen and oxygen atoms in total. The maximum atomic E-state index is 12.0. The Morgan fingerprint density at radius 1 is 0.926 bits per heavy atom. The Hall–Kier alpha value is -2.67. The summed E-state index contributed by atoms with van der Waals surface area (Å²) in [5.41, 5.74) is 2.49. The van der Waals surface area contributed by atoms with Crippen LogP contribution in [0.5, 0.6) is 5.75 Å². The first-order valence-electron chi connectivity index (χ1n) is 8.01. The predicted octanol–water partition coefficient (Wildman–Crippen LogP) is 4.61. The molecule has 0 heterocycles. The van der Waals surface area contributed by atoms with Gasteiger partial charge in [-0.2, -0.15) is 0 Å². The molecule has 3 rings (SSSR count). The van der Waals surface area contributed by atoms with Crippen molar-refractivity contribution in [2.45, 2.75) is 4.90 Å². The number of amides is 1. The summed E-state index contributed by atoms with van der Waals surface area (Å²) in [5.74, 6) is 0.296. The zero-order valence-corrected chi connectivity index (χ0v) is 15.7. The van der Waals surface area contributed by atoms with Crippen molar-refractivity contribution in [2.75, 3.05) is 11.9 Å². The number of benzene rings is 3. The molecule has 0 aliphatic carbocycles. The van der Waals surface area contributed by atoms with Crippen LogP contribution in [0, 0.1) is 0 Å². The van der Waals surface area contributed by atoms with Gasteiger partial charge in [-0.1, -0.05) is 35.9 Å². The average molecular weight is 402 g/mol. The molecule has 1 atom stereocenters. The third-order valence-corrected chi connectivity index (χ3v) is 4.67. The third-order valence-electron chi connectivity index (χ3n) is 3.74. The van der Waals surface area contributed by atoms with Gasteiger partial charge in [0.25, 0.3) is 5.91 Å². The van der Waals surface area contributed by atoms with Crippen molar-refractivity contribution in [3.8, 4) is 16.9 Å². The third kappa shape index (κ3) is 5.40. The number of ether oxygens (including phenoxy) is 1. The van der Waals surface area contributed by atoms with Crippen molar-refractivity contribution in [1.29, 1.82) is 0 Å². The van der Waals surface area contributed by atoms with Crippen molar-refractivity contribution < 1.29 is 18.3 Å². The molecule has 3 aromatic rings. The van der Waals surface area contributed by atoms with Crippen LogP contribution in [0.3, 0.4) is 0 Å². The van der Waals surface area contributed by atoms with Gasteiger partial charge >= 0.3 is 0 Å². The zero-order chi connectivity index (χ0) is 19.2. The molecule has 0 bridgehead atoms. The van der Waals surface area contributed by atoms with Crippen LogP contribution in [0.25, 0.3) is 11.1 Å². The van der Waals surface area contributed by atoms with E-state index in [0.29, 0.717) is 21.4 Å². The molecular weight excluding hydrogens is 386 g/mol. The van der Waals surface area contributed by atoms with Crippen LogP contribution in [0.4, 0.5) is 5.69 Å². The molecule has 0 saturated heterocycles. The van der Waals surface area contributed by atoms with E-state index in [1.54, 1.807) is 60.7 Å². The van der Waals surface area contributed by atoms with E-state index in [4.69, 9.17) is 20.9 Å². The average Bonchev–Trinajstić information content (AvgIpc) is 2.68. The fourth-order valence-corrected chi connectivity index (χ4v) is 2.88. The lowest BCUT2D eigenvalue weighted by Crippen LogP contribution is -2.20. The topological polar surface area (TPSA) is 75.6 Å². The van der Waals surface area contributed by atoms with Crippen LogP contribution in [0.1, 0.15) is 0 Å². The summed E-state index contributed by atoms with van der Waals surface area (Å²) in [6, 6.07) is 20.8. The molecule has 0 saturated carbocycles. The monoisotopic (exact) mass is 401 g/mol. The Kier molecular flexibility index (Phi) is 6.24. The van der Waals surface area contributed by atoms with Gasteiger partial charge in [-0.25, -0.2) is 4.21 Å². The van der Waals surface area contributed by atoms with Crippen molar-refractivity contribution in [1.82, 2.24) is 0 Å². The summed E-state index contributed by atoms with van der Waals surface area (Å²) < 4.78 is 25.5. The van der Waals surface area contributed by atoms with E-state index in [-0.39, 0.29) is 12.5 Å². The van der Waals surface area contributed by atoms with Crippen molar-refractivity contribution in [3.63, 3.8) is 0 Å². The number of carbonyl (C=O) groups is 1. The second kappa shape index (κ2) is 8.81. The molecule has 0 aliphatic rings. The standard InChI is InChI=1S/C20H16ClNO4S/c21-16-5-9-18(10-6-16)26-13-20(23)22-17-7-1-14(2-8-17)15-3-11-19(12-4-15)27(24)25/h1-12H,13H2,(H,22,23)(H,24,25). The van der Waals surface area contributed by atoms with E-state index in [1.165, 1.54) is 0 Å². The van der Waals surface area contributed by atoms with E-state index in [1.807, 2.05) is 12.1 Å². The number of hydrogen-bond acceptors (Lipinski definition) is 3. The van der Waals surface area contributed by atoms with Crippen LogP contribution in [-0.2, 0) is 15.9 Å². The van der Waals surface area contributed by atoms with Gasteiger partial charge < -0.3 is 14.6 Å². The highest BCUT2D eigenvalue weighted by Gasteiger charge is 2.05. The minimum absolute atomic E-state index is 0.108. The van der Waals surface area contributed by atoms with E-state index < -0.39 is 11.1 Å². The summed E-state index contributed by atoms with van der Waals surface area (Å²) in [6.45, 7) is -0.108. The zero-order valence-electron chi connectivity index (χ0n) is 14.1. The Morgan fingerprint density at radius 3 is 2.04 bits per heavy atom. The number of anilines is 1. The maximum Gasteiger partial charge on any atom is 0.262 e. The molecule has 1 amide bonds. The van der Waals surface area contributed by atoms with Gasteiger partial charge in [-0.3, -0.25) is 4.79 Å². The molecule has 2 N–H and O–H groups in total. The van der Waals surface area contributed by atoms with Crippen LogP contribution in [-0.4, -0.2) is 21.3 Å². The van der Waals surface area contributed by atoms with Gasteiger partial charge in [0.2, 0.25) is 0 Å². The number of rotatable bonds is 6. The van der Waals surface area contributed by atoms with Gasteiger partial charge in [0, 0.05) is 10.7 Å². The summed E-state index contributed by atoms with van der Waals surface area (Å²) in [5, 5.41) is 3.37. The Bertz CT molecular complexity index is 941. The first kappa shape index (κ1) is 19.1. The van der Waals surface area contributed by atoms with Crippen molar-refractivity contribution >= 4 is 34.3 Å². The van der Waals surface area contributed by atoms with Gasteiger partial charge in [0.15, 0.2) is 17.7 Å².